The van der Waals surface area contributed by atoms with E-state index >= 15 is 0 Å². The molecule has 1 aliphatic heterocycles. The standard InChI is InChI=1S/C14H17N3OS2/c1-9-16-7-11(20-9)8-17-5-3-10-4-6-19-13(10)12(15-2)14(17)18/h4,6-7,12,15H,3,5,8H2,1-2H3. The van der Waals surface area contributed by atoms with Gasteiger partial charge in [-0.25, -0.2) is 4.98 Å². The van der Waals surface area contributed by atoms with E-state index in [9.17, 15) is 4.79 Å². The first-order valence-corrected chi connectivity index (χ1v) is 8.32. The molecule has 1 amide bonds. The third-order valence-corrected chi connectivity index (χ3v) is 5.48. The van der Waals surface area contributed by atoms with Gasteiger partial charge >= 0.3 is 0 Å². The van der Waals surface area contributed by atoms with Crippen molar-refractivity contribution >= 4 is 28.6 Å². The number of nitrogens with zero attached hydrogens (tertiary/aromatic N) is 2. The zero-order chi connectivity index (χ0) is 14.1. The molecule has 0 radical (unpaired) electrons. The minimum atomic E-state index is -0.207. The topological polar surface area (TPSA) is 45.2 Å². The average molecular weight is 307 g/mol. The Balaban J connectivity index is 1.84. The first-order valence-electron chi connectivity index (χ1n) is 6.62. The van der Waals surface area contributed by atoms with Gasteiger partial charge in [0.25, 0.3) is 0 Å². The first kappa shape index (κ1) is 13.7. The van der Waals surface area contributed by atoms with Gasteiger partial charge in [-0.05, 0) is 37.4 Å². The summed E-state index contributed by atoms with van der Waals surface area (Å²) in [5.41, 5.74) is 1.30. The first-order chi connectivity index (χ1) is 9.69. The van der Waals surface area contributed by atoms with E-state index in [0.717, 1.165) is 22.9 Å². The highest BCUT2D eigenvalue weighted by atomic mass is 32.1. The van der Waals surface area contributed by atoms with Crippen LogP contribution in [0.15, 0.2) is 17.6 Å². The van der Waals surface area contributed by atoms with E-state index in [2.05, 4.69) is 21.7 Å². The van der Waals surface area contributed by atoms with Crippen LogP contribution in [0, 0.1) is 6.92 Å². The number of rotatable bonds is 3. The van der Waals surface area contributed by atoms with E-state index in [1.165, 1.54) is 10.4 Å². The van der Waals surface area contributed by atoms with Crippen molar-refractivity contribution < 1.29 is 4.79 Å². The largest absolute Gasteiger partial charge is 0.335 e. The van der Waals surface area contributed by atoms with E-state index in [1.54, 1.807) is 22.7 Å². The SMILES string of the molecule is CNC1C(=O)N(Cc2cnc(C)s2)CCc2ccsc21. The smallest absolute Gasteiger partial charge is 0.245 e. The second-order valence-corrected chi connectivity index (χ2v) is 7.15. The van der Waals surface area contributed by atoms with Crippen molar-refractivity contribution in [1.82, 2.24) is 15.2 Å². The van der Waals surface area contributed by atoms with Crippen molar-refractivity contribution in [3.8, 4) is 0 Å². The highest BCUT2D eigenvalue weighted by Crippen LogP contribution is 2.30. The quantitative estimate of drug-likeness (QED) is 0.947. The molecule has 106 valence electrons. The van der Waals surface area contributed by atoms with Crippen LogP contribution in [0.1, 0.15) is 26.4 Å². The number of carbonyl (C=O) groups excluding carboxylic acids is 1. The minimum absolute atomic E-state index is 0.166. The van der Waals surface area contributed by atoms with Crippen LogP contribution in [0.25, 0.3) is 0 Å². The molecule has 0 saturated heterocycles. The Labute approximate surface area is 126 Å². The fraction of sp³-hybridized carbons (Fsp3) is 0.429. The molecular weight excluding hydrogens is 290 g/mol. The molecule has 0 aromatic carbocycles. The maximum Gasteiger partial charge on any atom is 0.245 e. The molecule has 3 heterocycles. The second kappa shape index (κ2) is 5.63. The van der Waals surface area contributed by atoms with Crippen LogP contribution in [0.4, 0.5) is 0 Å². The predicted molar refractivity (Wildman–Crippen MR) is 82.1 cm³/mol. The zero-order valence-electron chi connectivity index (χ0n) is 11.5. The van der Waals surface area contributed by atoms with Crippen molar-refractivity contribution in [2.75, 3.05) is 13.6 Å². The van der Waals surface area contributed by atoms with Gasteiger partial charge in [0, 0.05) is 22.5 Å². The van der Waals surface area contributed by atoms with Crippen molar-refractivity contribution in [1.29, 1.82) is 0 Å². The third-order valence-electron chi connectivity index (χ3n) is 3.56. The van der Waals surface area contributed by atoms with Gasteiger partial charge in [-0.15, -0.1) is 22.7 Å². The molecule has 0 spiro atoms. The van der Waals surface area contributed by atoms with Crippen LogP contribution in [0.2, 0.25) is 0 Å². The number of hydrogen-bond acceptors (Lipinski definition) is 5. The lowest BCUT2D eigenvalue weighted by atomic mass is 10.1. The van der Waals surface area contributed by atoms with E-state index in [-0.39, 0.29) is 11.9 Å². The summed E-state index contributed by atoms with van der Waals surface area (Å²) in [7, 11) is 1.85. The number of carbonyl (C=O) groups is 1. The van der Waals surface area contributed by atoms with Crippen LogP contribution < -0.4 is 5.32 Å². The monoisotopic (exact) mass is 307 g/mol. The Bertz CT molecular complexity index is 619. The molecule has 1 aliphatic rings. The number of aromatic nitrogens is 1. The van der Waals surface area contributed by atoms with Crippen LogP contribution in [0.3, 0.4) is 0 Å². The maximum absolute atomic E-state index is 12.7. The molecule has 0 aliphatic carbocycles. The molecule has 4 nitrogen and oxygen atoms in total. The number of aryl methyl sites for hydroxylation is 1. The Hall–Kier alpha value is -1.24. The number of fused-ring (bicyclic) bond motifs is 1. The minimum Gasteiger partial charge on any atom is -0.335 e. The second-order valence-electron chi connectivity index (χ2n) is 4.89. The van der Waals surface area contributed by atoms with E-state index in [1.807, 2.05) is 25.1 Å². The average Bonchev–Trinajstić information content (AvgIpc) is 3.02. The number of nitrogens with one attached hydrogen (secondary N) is 1. The summed E-state index contributed by atoms with van der Waals surface area (Å²) in [6.45, 7) is 3.43. The summed E-state index contributed by atoms with van der Waals surface area (Å²) in [6, 6.07) is 1.93. The molecule has 20 heavy (non-hydrogen) atoms. The van der Waals surface area contributed by atoms with E-state index < -0.39 is 0 Å². The summed E-state index contributed by atoms with van der Waals surface area (Å²) < 4.78 is 0. The molecular formula is C14H17N3OS2. The van der Waals surface area contributed by atoms with Gasteiger partial charge in [-0.3, -0.25) is 4.79 Å². The summed E-state index contributed by atoms with van der Waals surface area (Å²) in [5.74, 6) is 0.166. The van der Waals surface area contributed by atoms with E-state index in [0.29, 0.717) is 6.54 Å². The Morgan fingerprint density at radius 2 is 2.40 bits per heavy atom. The number of likely N-dealkylation sites (N-methyl/N-ethyl adjacent to an activating group) is 1. The van der Waals surface area contributed by atoms with Gasteiger partial charge in [-0.2, -0.15) is 0 Å². The zero-order valence-corrected chi connectivity index (χ0v) is 13.2. The van der Waals surface area contributed by atoms with Crippen LogP contribution >= 0.6 is 22.7 Å². The Morgan fingerprint density at radius 3 is 3.10 bits per heavy atom. The van der Waals surface area contributed by atoms with Crippen molar-refractivity contribution in [3.63, 3.8) is 0 Å². The molecule has 3 rings (SSSR count). The van der Waals surface area contributed by atoms with Crippen molar-refractivity contribution in [2.45, 2.75) is 25.9 Å². The van der Waals surface area contributed by atoms with Gasteiger partial charge < -0.3 is 10.2 Å². The third kappa shape index (κ3) is 2.51. The molecule has 0 saturated carbocycles. The summed E-state index contributed by atoms with van der Waals surface area (Å²) in [6.07, 6.45) is 2.81. The lowest BCUT2D eigenvalue weighted by molar-refractivity contribution is -0.133. The fourth-order valence-electron chi connectivity index (χ4n) is 2.55. The fourth-order valence-corrected chi connectivity index (χ4v) is 4.41. The van der Waals surface area contributed by atoms with Crippen LogP contribution in [-0.4, -0.2) is 29.4 Å². The molecule has 6 heteroatoms. The molecule has 1 N–H and O–H groups in total. The number of amides is 1. The van der Waals surface area contributed by atoms with Gasteiger partial charge in [-0.1, -0.05) is 0 Å². The normalized spacial score (nSPS) is 19.0. The van der Waals surface area contributed by atoms with Crippen molar-refractivity contribution in [2.24, 2.45) is 0 Å². The predicted octanol–water partition coefficient (Wildman–Crippen LogP) is 2.36. The summed E-state index contributed by atoms with van der Waals surface area (Å²) in [5, 5.41) is 6.29. The lowest BCUT2D eigenvalue weighted by Crippen LogP contribution is -2.38. The van der Waals surface area contributed by atoms with Gasteiger partial charge in [0.2, 0.25) is 5.91 Å². The number of thiazole rings is 1. The molecule has 1 unspecified atom stereocenters. The van der Waals surface area contributed by atoms with Crippen LogP contribution in [-0.2, 0) is 17.8 Å². The van der Waals surface area contributed by atoms with Crippen LogP contribution in [0.5, 0.6) is 0 Å². The number of thiophene rings is 1. The molecule has 1 atom stereocenters. The maximum atomic E-state index is 12.7. The van der Waals surface area contributed by atoms with E-state index in [4.69, 9.17) is 0 Å². The van der Waals surface area contributed by atoms with Crippen molar-refractivity contribution in [3.05, 3.63) is 38.0 Å². The van der Waals surface area contributed by atoms with Gasteiger partial charge in [0.05, 0.1) is 11.6 Å². The number of hydrogen-bond donors (Lipinski definition) is 1. The lowest BCUT2D eigenvalue weighted by Gasteiger charge is -2.23. The highest BCUT2D eigenvalue weighted by Gasteiger charge is 2.30. The Morgan fingerprint density at radius 1 is 1.55 bits per heavy atom. The summed E-state index contributed by atoms with van der Waals surface area (Å²) >= 11 is 3.33. The molecule has 0 bridgehead atoms. The van der Waals surface area contributed by atoms with Gasteiger partial charge in [0.1, 0.15) is 6.04 Å². The molecule has 2 aromatic rings. The summed E-state index contributed by atoms with van der Waals surface area (Å²) in [4.78, 5) is 21.2. The highest BCUT2D eigenvalue weighted by molar-refractivity contribution is 7.11. The molecule has 2 aromatic heterocycles. The Kier molecular flexibility index (Phi) is 3.87. The molecule has 0 fully saturated rings. The van der Waals surface area contributed by atoms with Gasteiger partial charge in [0.15, 0.2) is 0 Å².